The highest BCUT2D eigenvalue weighted by Gasteiger charge is 2.71. The molecule has 3 aromatic carbocycles. The number of rotatable bonds is 3. The van der Waals surface area contributed by atoms with Gasteiger partial charge in [-0.05, 0) is 67.4 Å². The van der Waals surface area contributed by atoms with E-state index >= 15 is 0 Å². The number of aryl methyl sites for hydroxylation is 1. The SMILES string of the molecule is CC1=CC2N(c3ccc(C)cc31)C(C(=O)C(C)(C)C)C(C(=O)c1ccc(Cl)cc1)C21C(=O)Nc2ccccc21. The number of ketones is 2. The highest BCUT2D eigenvalue weighted by Crippen LogP contribution is 2.59. The third kappa shape index (κ3) is 3.56. The van der Waals surface area contributed by atoms with Crippen molar-refractivity contribution < 1.29 is 14.4 Å². The van der Waals surface area contributed by atoms with Crippen LogP contribution in [0.1, 0.15) is 54.7 Å². The monoisotopic (exact) mass is 538 g/mol. The molecule has 1 saturated heterocycles. The molecule has 1 spiro atoms. The van der Waals surface area contributed by atoms with Crippen LogP contribution >= 0.6 is 11.6 Å². The first-order chi connectivity index (χ1) is 18.5. The molecule has 0 bridgehead atoms. The fourth-order valence-electron chi connectivity index (χ4n) is 6.78. The summed E-state index contributed by atoms with van der Waals surface area (Å²) in [5.41, 5.74) is 3.81. The summed E-state index contributed by atoms with van der Waals surface area (Å²) in [6, 6.07) is 19.0. The van der Waals surface area contributed by atoms with Crippen LogP contribution in [-0.4, -0.2) is 29.6 Å². The van der Waals surface area contributed by atoms with Crippen molar-refractivity contribution in [1.82, 2.24) is 0 Å². The fraction of sp³-hybridized carbons (Fsp3) is 0.303. The van der Waals surface area contributed by atoms with Gasteiger partial charge in [0, 0.05) is 32.9 Å². The van der Waals surface area contributed by atoms with Crippen molar-refractivity contribution in [3.05, 3.63) is 100 Å². The van der Waals surface area contributed by atoms with E-state index in [0.717, 1.165) is 28.0 Å². The van der Waals surface area contributed by atoms with Crippen LogP contribution in [0.4, 0.5) is 11.4 Å². The summed E-state index contributed by atoms with van der Waals surface area (Å²) >= 11 is 6.16. The number of hydrogen-bond donors (Lipinski definition) is 1. The molecule has 0 aromatic heterocycles. The number of Topliss-reactive ketones (excluding diaryl/α,β-unsaturated/α-hetero) is 2. The van der Waals surface area contributed by atoms with Gasteiger partial charge >= 0.3 is 0 Å². The Morgan fingerprint density at radius 1 is 0.974 bits per heavy atom. The van der Waals surface area contributed by atoms with E-state index in [0.29, 0.717) is 16.3 Å². The topological polar surface area (TPSA) is 66.5 Å². The van der Waals surface area contributed by atoms with Crippen molar-refractivity contribution in [2.75, 3.05) is 10.2 Å². The van der Waals surface area contributed by atoms with Gasteiger partial charge in [0.05, 0.1) is 12.0 Å². The molecule has 1 amide bonds. The lowest BCUT2D eigenvalue weighted by Gasteiger charge is -2.40. The van der Waals surface area contributed by atoms with Crippen molar-refractivity contribution in [1.29, 1.82) is 0 Å². The second kappa shape index (κ2) is 8.65. The van der Waals surface area contributed by atoms with E-state index in [4.69, 9.17) is 11.6 Å². The molecule has 6 heteroatoms. The fourth-order valence-corrected chi connectivity index (χ4v) is 6.91. The molecular formula is C33H31ClN2O3. The Bertz CT molecular complexity index is 1580. The summed E-state index contributed by atoms with van der Waals surface area (Å²) in [5, 5.41) is 3.59. The van der Waals surface area contributed by atoms with Crippen LogP contribution < -0.4 is 10.2 Å². The van der Waals surface area contributed by atoms with Crippen LogP contribution in [-0.2, 0) is 15.0 Å². The molecule has 0 radical (unpaired) electrons. The lowest BCUT2D eigenvalue weighted by molar-refractivity contribution is -0.128. The first-order valence-corrected chi connectivity index (χ1v) is 13.7. The zero-order valence-electron chi connectivity index (χ0n) is 22.7. The molecule has 3 aliphatic heterocycles. The summed E-state index contributed by atoms with van der Waals surface area (Å²) in [6.45, 7) is 9.71. The van der Waals surface area contributed by atoms with E-state index in [1.165, 1.54) is 0 Å². The summed E-state index contributed by atoms with van der Waals surface area (Å²) in [4.78, 5) is 45.6. The van der Waals surface area contributed by atoms with Crippen LogP contribution in [0.25, 0.3) is 5.57 Å². The number of anilines is 2. The lowest BCUT2D eigenvalue weighted by atomic mass is 9.63. The number of nitrogens with one attached hydrogen (secondary N) is 1. The van der Waals surface area contributed by atoms with E-state index in [2.05, 4.69) is 22.4 Å². The molecule has 3 aromatic rings. The minimum Gasteiger partial charge on any atom is -0.352 e. The second-order valence-corrected chi connectivity index (χ2v) is 12.4. The Kier molecular flexibility index (Phi) is 5.67. The number of amides is 1. The molecule has 6 rings (SSSR count). The predicted octanol–water partition coefficient (Wildman–Crippen LogP) is 6.63. The third-order valence-electron chi connectivity index (χ3n) is 8.55. The van der Waals surface area contributed by atoms with Gasteiger partial charge in [0.15, 0.2) is 11.6 Å². The number of fused-ring (bicyclic) bond motifs is 6. The lowest BCUT2D eigenvalue weighted by Crippen LogP contribution is -2.51. The number of benzene rings is 3. The minimum atomic E-state index is -1.30. The van der Waals surface area contributed by atoms with Crippen LogP contribution in [0.5, 0.6) is 0 Å². The minimum absolute atomic E-state index is 0.0756. The van der Waals surface area contributed by atoms with Crippen molar-refractivity contribution >= 4 is 46.0 Å². The zero-order valence-corrected chi connectivity index (χ0v) is 23.5. The summed E-state index contributed by atoms with van der Waals surface area (Å²) < 4.78 is 0. The Morgan fingerprint density at radius 2 is 1.67 bits per heavy atom. The number of allylic oxidation sites excluding steroid dienone is 1. The molecule has 3 heterocycles. The molecule has 5 nitrogen and oxygen atoms in total. The number of nitrogens with zero attached hydrogens (tertiary/aromatic N) is 1. The van der Waals surface area contributed by atoms with Crippen molar-refractivity contribution in [2.24, 2.45) is 11.3 Å². The molecular weight excluding hydrogens is 508 g/mol. The number of halogens is 1. The van der Waals surface area contributed by atoms with Gasteiger partial charge in [0.25, 0.3) is 0 Å². The van der Waals surface area contributed by atoms with Crippen molar-refractivity contribution in [3.63, 3.8) is 0 Å². The quantitative estimate of drug-likeness (QED) is 0.380. The number of hydrogen-bond acceptors (Lipinski definition) is 4. The maximum absolute atomic E-state index is 14.7. The van der Waals surface area contributed by atoms with Crippen LogP contribution in [0, 0.1) is 18.3 Å². The summed E-state index contributed by atoms with van der Waals surface area (Å²) in [7, 11) is 0. The van der Waals surface area contributed by atoms with E-state index < -0.39 is 28.8 Å². The van der Waals surface area contributed by atoms with Gasteiger partial charge in [0.2, 0.25) is 5.91 Å². The van der Waals surface area contributed by atoms with E-state index in [1.807, 2.05) is 71.0 Å². The molecule has 0 aliphatic carbocycles. The largest absolute Gasteiger partial charge is 0.352 e. The van der Waals surface area contributed by atoms with Crippen LogP contribution in [0.15, 0.2) is 72.8 Å². The average Bonchev–Trinajstić information content (AvgIpc) is 3.35. The predicted molar refractivity (Wildman–Crippen MR) is 155 cm³/mol. The first-order valence-electron chi connectivity index (χ1n) is 13.3. The van der Waals surface area contributed by atoms with Crippen LogP contribution in [0.3, 0.4) is 0 Å². The smallest absolute Gasteiger partial charge is 0.238 e. The standard InChI is InChI=1S/C33H31ClN2O3/c1-18-10-15-25-22(16-18)19(2)17-26-33(23-8-6-7-9-24(23)35-31(33)39)27(28(36(25)26)30(38)32(3,4)5)29(37)20-11-13-21(34)14-12-20/h6-17,26-28H,1-5H3,(H,35,39). The van der Waals surface area contributed by atoms with Gasteiger partial charge < -0.3 is 10.2 Å². The molecule has 3 aliphatic rings. The van der Waals surface area contributed by atoms with Gasteiger partial charge in [-0.2, -0.15) is 0 Å². The number of carbonyl (C=O) groups excluding carboxylic acids is 3. The van der Waals surface area contributed by atoms with Gasteiger partial charge in [-0.15, -0.1) is 0 Å². The number of carbonyl (C=O) groups is 3. The molecule has 4 unspecified atom stereocenters. The Balaban J connectivity index is 1.70. The average molecular weight is 539 g/mol. The third-order valence-corrected chi connectivity index (χ3v) is 8.80. The summed E-state index contributed by atoms with van der Waals surface area (Å²) in [6.07, 6.45) is 2.08. The maximum atomic E-state index is 14.7. The highest BCUT2D eigenvalue weighted by atomic mass is 35.5. The van der Waals surface area contributed by atoms with Gasteiger partial charge in [-0.1, -0.05) is 68.3 Å². The van der Waals surface area contributed by atoms with E-state index in [-0.39, 0.29) is 17.5 Å². The normalized spacial score (nSPS) is 25.1. The van der Waals surface area contributed by atoms with Gasteiger partial charge in [-0.3, -0.25) is 14.4 Å². The van der Waals surface area contributed by atoms with E-state index in [1.54, 1.807) is 24.3 Å². The molecule has 198 valence electrons. The van der Waals surface area contributed by atoms with Crippen molar-refractivity contribution in [3.8, 4) is 0 Å². The Labute approximate surface area is 233 Å². The Hall–Kier alpha value is -3.70. The first kappa shape index (κ1) is 25.6. The van der Waals surface area contributed by atoms with E-state index in [9.17, 15) is 14.4 Å². The zero-order chi connectivity index (χ0) is 27.9. The molecule has 0 saturated carbocycles. The second-order valence-electron chi connectivity index (χ2n) is 12.0. The van der Waals surface area contributed by atoms with Gasteiger partial charge in [0.1, 0.15) is 11.5 Å². The van der Waals surface area contributed by atoms with Crippen molar-refractivity contribution in [2.45, 2.75) is 52.1 Å². The van der Waals surface area contributed by atoms with Gasteiger partial charge in [-0.25, -0.2) is 0 Å². The van der Waals surface area contributed by atoms with Crippen LogP contribution in [0.2, 0.25) is 5.02 Å². The summed E-state index contributed by atoms with van der Waals surface area (Å²) in [5.74, 6) is -1.53. The highest BCUT2D eigenvalue weighted by molar-refractivity contribution is 6.30. The molecule has 1 fully saturated rings. The molecule has 4 atom stereocenters. The Morgan fingerprint density at radius 3 is 2.36 bits per heavy atom. The maximum Gasteiger partial charge on any atom is 0.238 e. The molecule has 1 N–H and O–H groups in total. The number of para-hydroxylation sites is 1. The molecule has 39 heavy (non-hydrogen) atoms.